The lowest BCUT2D eigenvalue weighted by Gasteiger charge is -2.18. The minimum absolute atomic E-state index is 0.314. The first-order valence-corrected chi connectivity index (χ1v) is 8.35. The van der Waals surface area contributed by atoms with Crippen molar-refractivity contribution in [3.05, 3.63) is 59.7 Å². The summed E-state index contributed by atoms with van der Waals surface area (Å²) in [5, 5.41) is 0. The predicted molar refractivity (Wildman–Crippen MR) is 81.8 cm³/mol. The number of aryl methyl sites for hydroxylation is 2. The van der Waals surface area contributed by atoms with Crippen LogP contribution in [-0.2, 0) is 4.57 Å². The van der Waals surface area contributed by atoms with E-state index in [9.17, 15) is 4.57 Å². The van der Waals surface area contributed by atoms with Crippen LogP contribution in [0.5, 0.6) is 11.5 Å². The second-order valence-electron chi connectivity index (χ2n) is 4.74. The van der Waals surface area contributed by atoms with E-state index < -0.39 is 7.60 Å². The van der Waals surface area contributed by atoms with Gasteiger partial charge in [0.15, 0.2) is 0 Å². The van der Waals surface area contributed by atoms with Crippen LogP contribution in [-0.4, -0.2) is 6.16 Å². The molecule has 3 nitrogen and oxygen atoms in total. The first-order valence-electron chi connectivity index (χ1n) is 6.62. The summed E-state index contributed by atoms with van der Waals surface area (Å²) in [6, 6.07) is 14.9. The summed E-state index contributed by atoms with van der Waals surface area (Å²) in [5.41, 5.74) is 2.26. The van der Waals surface area contributed by atoms with Gasteiger partial charge in [0.2, 0.25) is 0 Å². The van der Waals surface area contributed by atoms with Crippen LogP contribution in [0.25, 0.3) is 0 Å². The molecule has 106 valence electrons. The molecule has 0 spiro atoms. The van der Waals surface area contributed by atoms with Crippen molar-refractivity contribution in [2.24, 2.45) is 0 Å². The molecule has 2 aromatic rings. The van der Waals surface area contributed by atoms with Crippen molar-refractivity contribution >= 4 is 7.60 Å². The largest absolute Gasteiger partial charge is 0.430 e. The van der Waals surface area contributed by atoms with Crippen LogP contribution < -0.4 is 9.05 Å². The SMILES string of the molecule is CCP(=O)(Oc1ccc(C)cc1)Oc1ccc(C)cc1. The third-order valence-electron chi connectivity index (χ3n) is 2.92. The van der Waals surface area contributed by atoms with E-state index >= 15 is 0 Å². The van der Waals surface area contributed by atoms with Gasteiger partial charge in [-0.1, -0.05) is 42.3 Å². The average molecular weight is 290 g/mol. The van der Waals surface area contributed by atoms with Gasteiger partial charge in [0.25, 0.3) is 0 Å². The van der Waals surface area contributed by atoms with E-state index in [1.54, 1.807) is 31.2 Å². The zero-order chi connectivity index (χ0) is 14.6. The fraction of sp³-hybridized carbons (Fsp3) is 0.250. The van der Waals surface area contributed by atoms with Gasteiger partial charge in [0.05, 0.1) is 6.16 Å². The van der Waals surface area contributed by atoms with Crippen molar-refractivity contribution in [1.82, 2.24) is 0 Å². The molecule has 0 radical (unpaired) electrons. The smallest absolute Gasteiger partial charge is 0.416 e. The van der Waals surface area contributed by atoms with Crippen LogP contribution in [0.1, 0.15) is 18.1 Å². The molecule has 0 N–H and O–H groups in total. The van der Waals surface area contributed by atoms with Gasteiger partial charge in [0.1, 0.15) is 11.5 Å². The number of hydrogen-bond acceptors (Lipinski definition) is 3. The molecule has 0 atom stereocenters. The Morgan fingerprint density at radius 3 is 1.45 bits per heavy atom. The Morgan fingerprint density at radius 1 is 0.800 bits per heavy atom. The third-order valence-corrected chi connectivity index (χ3v) is 4.67. The van der Waals surface area contributed by atoms with Gasteiger partial charge in [-0.05, 0) is 38.1 Å². The molecule has 0 amide bonds. The molecule has 20 heavy (non-hydrogen) atoms. The van der Waals surface area contributed by atoms with Crippen LogP contribution in [0, 0.1) is 13.8 Å². The normalized spacial score (nSPS) is 11.2. The van der Waals surface area contributed by atoms with Crippen molar-refractivity contribution in [3.8, 4) is 11.5 Å². The van der Waals surface area contributed by atoms with E-state index in [1.807, 2.05) is 38.1 Å². The van der Waals surface area contributed by atoms with Gasteiger partial charge in [-0.15, -0.1) is 0 Å². The standard InChI is InChI=1S/C16H19O3P/c1-4-20(17,18-15-9-5-13(2)6-10-15)19-16-11-7-14(3)8-12-16/h5-12H,4H2,1-3H3. The number of rotatable bonds is 5. The van der Waals surface area contributed by atoms with E-state index in [-0.39, 0.29) is 0 Å². The van der Waals surface area contributed by atoms with Crippen molar-refractivity contribution in [3.63, 3.8) is 0 Å². The lowest BCUT2D eigenvalue weighted by Crippen LogP contribution is -2.03. The van der Waals surface area contributed by atoms with Crippen molar-refractivity contribution in [1.29, 1.82) is 0 Å². The van der Waals surface area contributed by atoms with Gasteiger partial charge in [-0.2, -0.15) is 0 Å². The minimum Gasteiger partial charge on any atom is -0.416 e. The van der Waals surface area contributed by atoms with Crippen LogP contribution in [0.4, 0.5) is 0 Å². The Morgan fingerprint density at radius 2 is 1.15 bits per heavy atom. The Balaban J connectivity index is 2.14. The molecule has 0 aliphatic heterocycles. The van der Waals surface area contributed by atoms with E-state index in [4.69, 9.17) is 9.05 Å². The molecule has 0 saturated heterocycles. The highest BCUT2D eigenvalue weighted by Crippen LogP contribution is 2.48. The first-order chi connectivity index (χ1) is 9.50. The molecule has 2 rings (SSSR count). The van der Waals surface area contributed by atoms with Crippen molar-refractivity contribution < 1.29 is 13.6 Å². The van der Waals surface area contributed by atoms with Crippen molar-refractivity contribution in [2.45, 2.75) is 20.8 Å². The second-order valence-corrected chi connectivity index (χ2v) is 6.96. The Bertz CT molecular complexity index is 551. The maximum Gasteiger partial charge on any atom is 0.430 e. The lowest BCUT2D eigenvalue weighted by molar-refractivity contribution is 0.387. The highest BCUT2D eigenvalue weighted by molar-refractivity contribution is 7.54. The second kappa shape index (κ2) is 6.15. The quantitative estimate of drug-likeness (QED) is 0.729. The summed E-state index contributed by atoms with van der Waals surface area (Å²) in [6.07, 6.45) is 0.314. The molecule has 0 aliphatic carbocycles. The molecule has 0 unspecified atom stereocenters. The van der Waals surface area contributed by atoms with Gasteiger partial charge in [0, 0.05) is 0 Å². The van der Waals surface area contributed by atoms with E-state index in [1.165, 1.54) is 0 Å². The highest BCUT2D eigenvalue weighted by Gasteiger charge is 2.25. The van der Waals surface area contributed by atoms with Gasteiger partial charge < -0.3 is 9.05 Å². The molecule has 4 heteroatoms. The fourth-order valence-electron chi connectivity index (χ4n) is 1.67. The highest BCUT2D eigenvalue weighted by atomic mass is 31.2. The van der Waals surface area contributed by atoms with Crippen molar-refractivity contribution in [2.75, 3.05) is 6.16 Å². The third kappa shape index (κ3) is 3.88. The summed E-state index contributed by atoms with van der Waals surface area (Å²) in [4.78, 5) is 0. The van der Waals surface area contributed by atoms with Crippen LogP contribution >= 0.6 is 7.60 Å². The zero-order valence-corrected chi connectivity index (χ0v) is 12.9. The van der Waals surface area contributed by atoms with E-state index in [2.05, 4.69) is 0 Å². The summed E-state index contributed by atoms with van der Waals surface area (Å²) >= 11 is 0. The summed E-state index contributed by atoms with van der Waals surface area (Å²) < 4.78 is 23.8. The van der Waals surface area contributed by atoms with Gasteiger partial charge in [-0.25, -0.2) is 4.57 Å². The lowest BCUT2D eigenvalue weighted by atomic mass is 10.2. The molecule has 0 saturated carbocycles. The average Bonchev–Trinajstić information content (AvgIpc) is 2.44. The monoisotopic (exact) mass is 290 g/mol. The topological polar surface area (TPSA) is 35.5 Å². The first kappa shape index (κ1) is 14.7. The predicted octanol–water partition coefficient (Wildman–Crippen LogP) is 4.97. The Kier molecular flexibility index (Phi) is 4.51. The zero-order valence-electron chi connectivity index (χ0n) is 12.0. The van der Waals surface area contributed by atoms with E-state index in [0.717, 1.165) is 11.1 Å². The van der Waals surface area contributed by atoms with Crippen LogP contribution in [0.2, 0.25) is 0 Å². The Hall–Kier alpha value is -1.73. The molecule has 0 aromatic heterocycles. The van der Waals surface area contributed by atoms with Crippen LogP contribution in [0.15, 0.2) is 48.5 Å². The molecular formula is C16H19O3P. The molecule has 0 fully saturated rings. The molecule has 0 bridgehead atoms. The van der Waals surface area contributed by atoms with Gasteiger partial charge in [-0.3, -0.25) is 0 Å². The number of hydrogen-bond donors (Lipinski definition) is 0. The molecular weight excluding hydrogens is 271 g/mol. The van der Waals surface area contributed by atoms with Crippen LogP contribution in [0.3, 0.4) is 0 Å². The molecule has 0 heterocycles. The fourth-order valence-corrected chi connectivity index (χ4v) is 2.85. The van der Waals surface area contributed by atoms with Gasteiger partial charge >= 0.3 is 7.60 Å². The minimum atomic E-state index is -3.17. The summed E-state index contributed by atoms with van der Waals surface area (Å²) in [5.74, 6) is 1.13. The maximum atomic E-state index is 12.6. The summed E-state index contributed by atoms with van der Waals surface area (Å²) in [6.45, 7) is 5.78. The van der Waals surface area contributed by atoms with E-state index in [0.29, 0.717) is 17.7 Å². The number of benzene rings is 2. The Labute approximate surface area is 120 Å². The maximum absolute atomic E-state index is 12.6. The molecule has 2 aromatic carbocycles. The summed E-state index contributed by atoms with van der Waals surface area (Å²) in [7, 11) is -3.17. The molecule has 0 aliphatic rings.